The van der Waals surface area contributed by atoms with Crippen molar-refractivity contribution < 1.29 is 4.74 Å². The van der Waals surface area contributed by atoms with Crippen LogP contribution in [0.25, 0.3) is 22.2 Å². The van der Waals surface area contributed by atoms with Crippen molar-refractivity contribution in [1.82, 2.24) is 19.9 Å². The molecule has 0 bridgehead atoms. The maximum absolute atomic E-state index is 12.0. The van der Waals surface area contributed by atoms with Crippen LogP contribution in [0.15, 0.2) is 29.1 Å². The Morgan fingerprint density at radius 3 is 2.63 bits per heavy atom. The van der Waals surface area contributed by atoms with Crippen molar-refractivity contribution in [3.05, 3.63) is 40.4 Å². The van der Waals surface area contributed by atoms with E-state index in [9.17, 15) is 4.79 Å². The highest BCUT2D eigenvalue weighted by Crippen LogP contribution is 2.11. The first kappa shape index (κ1) is 11.7. The Hall–Kier alpha value is -2.34. The van der Waals surface area contributed by atoms with Gasteiger partial charge in [-0.1, -0.05) is 12.1 Å². The summed E-state index contributed by atoms with van der Waals surface area (Å²) in [4.78, 5) is 27.5. The van der Waals surface area contributed by atoms with Gasteiger partial charge in [-0.15, -0.1) is 0 Å². The van der Waals surface area contributed by atoms with E-state index >= 15 is 0 Å². The zero-order chi connectivity index (χ0) is 13.2. The molecule has 2 heterocycles. The third-order valence-corrected chi connectivity index (χ3v) is 2.71. The fraction of sp³-hybridized carbons (Fsp3) is 0.231. The largest absolute Gasteiger partial charge is 0.374 e. The second-order valence-electron chi connectivity index (χ2n) is 4.03. The molecule has 0 atom stereocenters. The minimum atomic E-state index is -0.294. The van der Waals surface area contributed by atoms with Gasteiger partial charge < -0.3 is 9.72 Å². The van der Waals surface area contributed by atoms with E-state index in [4.69, 9.17) is 4.74 Å². The van der Waals surface area contributed by atoms with Gasteiger partial charge in [0.2, 0.25) is 0 Å². The van der Waals surface area contributed by atoms with Gasteiger partial charge in [-0.2, -0.15) is 0 Å². The number of H-pyrrole nitrogens is 1. The number of benzene rings is 1. The number of fused-ring (bicyclic) bond motifs is 2. The molecular formula is C13H12N4O2. The maximum atomic E-state index is 12.0. The molecule has 1 N–H and O–H groups in total. The summed E-state index contributed by atoms with van der Waals surface area (Å²) in [5.41, 5.74) is 1.70. The average Bonchev–Trinajstić information content (AvgIpc) is 2.43. The first-order valence-corrected chi connectivity index (χ1v) is 6.01. The fourth-order valence-electron chi connectivity index (χ4n) is 1.83. The number of ether oxygens (including phenoxy) is 1. The lowest BCUT2D eigenvalue weighted by Crippen LogP contribution is -2.15. The van der Waals surface area contributed by atoms with Crippen LogP contribution < -0.4 is 5.56 Å². The average molecular weight is 256 g/mol. The van der Waals surface area contributed by atoms with E-state index in [1.807, 2.05) is 31.2 Å². The zero-order valence-corrected chi connectivity index (χ0v) is 10.4. The second kappa shape index (κ2) is 4.74. The minimum Gasteiger partial charge on any atom is -0.374 e. The topological polar surface area (TPSA) is 80.8 Å². The molecule has 0 aliphatic carbocycles. The van der Waals surface area contributed by atoms with Crippen LogP contribution in [0.5, 0.6) is 0 Å². The number of aromatic amines is 1. The maximum Gasteiger partial charge on any atom is 0.279 e. The first-order chi connectivity index (χ1) is 9.28. The van der Waals surface area contributed by atoms with Crippen molar-refractivity contribution in [2.45, 2.75) is 13.5 Å². The van der Waals surface area contributed by atoms with Gasteiger partial charge in [0.1, 0.15) is 12.4 Å². The molecule has 0 saturated carbocycles. The molecule has 0 amide bonds. The summed E-state index contributed by atoms with van der Waals surface area (Å²) < 4.78 is 5.23. The van der Waals surface area contributed by atoms with Crippen LogP contribution >= 0.6 is 0 Å². The Morgan fingerprint density at radius 2 is 1.89 bits per heavy atom. The van der Waals surface area contributed by atoms with Gasteiger partial charge in [0, 0.05) is 6.61 Å². The van der Waals surface area contributed by atoms with Gasteiger partial charge in [0.15, 0.2) is 11.2 Å². The van der Waals surface area contributed by atoms with Gasteiger partial charge >= 0.3 is 0 Å². The molecule has 0 aliphatic heterocycles. The number of rotatable bonds is 3. The molecule has 3 rings (SSSR count). The highest BCUT2D eigenvalue weighted by molar-refractivity contribution is 5.83. The predicted octanol–water partition coefficient (Wildman–Crippen LogP) is 1.40. The molecule has 0 aliphatic rings. The van der Waals surface area contributed by atoms with Gasteiger partial charge in [-0.25, -0.2) is 15.0 Å². The summed E-state index contributed by atoms with van der Waals surface area (Å²) in [6.45, 7) is 2.70. The molecule has 6 nitrogen and oxygen atoms in total. The predicted molar refractivity (Wildman–Crippen MR) is 70.8 cm³/mol. The van der Waals surface area contributed by atoms with Crippen LogP contribution in [0.1, 0.15) is 12.7 Å². The van der Waals surface area contributed by atoms with E-state index < -0.39 is 0 Å². The van der Waals surface area contributed by atoms with E-state index in [1.54, 1.807) is 0 Å². The molecule has 2 aromatic heterocycles. The van der Waals surface area contributed by atoms with Crippen molar-refractivity contribution in [2.24, 2.45) is 0 Å². The molecule has 0 fully saturated rings. The van der Waals surface area contributed by atoms with E-state index in [1.165, 1.54) is 0 Å². The monoisotopic (exact) mass is 256 g/mol. The Kier molecular flexibility index (Phi) is 2.92. The van der Waals surface area contributed by atoms with Crippen molar-refractivity contribution in [3.63, 3.8) is 0 Å². The molecule has 0 saturated heterocycles. The summed E-state index contributed by atoms with van der Waals surface area (Å²) in [7, 11) is 0. The van der Waals surface area contributed by atoms with E-state index in [2.05, 4.69) is 19.9 Å². The fourth-order valence-corrected chi connectivity index (χ4v) is 1.83. The van der Waals surface area contributed by atoms with Crippen LogP contribution in [0.4, 0.5) is 0 Å². The van der Waals surface area contributed by atoms with Gasteiger partial charge in [0.05, 0.1) is 11.0 Å². The van der Waals surface area contributed by atoms with Crippen LogP contribution in [0.2, 0.25) is 0 Å². The molecule has 0 radical (unpaired) electrons. The molecule has 0 unspecified atom stereocenters. The van der Waals surface area contributed by atoms with Crippen LogP contribution in [-0.2, 0) is 11.3 Å². The number of nitrogens with zero attached hydrogens (tertiary/aromatic N) is 3. The highest BCUT2D eigenvalue weighted by Gasteiger charge is 2.08. The smallest absolute Gasteiger partial charge is 0.279 e. The number of hydrogen-bond acceptors (Lipinski definition) is 5. The Morgan fingerprint density at radius 1 is 1.16 bits per heavy atom. The Balaban J connectivity index is 2.23. The van der Waals surface area contributed by atoms with Gasteiger partial charge in [-0.05, 0) is 19.1 Å². The lowest BCUT2D eigenvalue weighted by atomic mass is 10.3. The third kappa shape index (κ3) is 2.17. The summed E-state index contributed by atoms with van der Waals surface area (Å²) >= 11 is 0. The zero-order valence-electron chi connectivity index (χ0n) is 10.4. The molecule has 6 heteroatoms. The van der Waals surface area contributed by atoms with Crippen molar-refractivity contribution in [3.8, 4) is 0 Å². The van der Waals surface area contributed by atoms with Crippen LogP contribution in [0.3, 0.4) is 0 Å². The lowest BCUT2D eigenvalue weighted by Gasteiger charge is -2.03. The highest BCUT2D eigenvalue weighted by atomic mass is 16.5. The number of hydrogen-bond donors (Lipinski definition) is 1. The first-order valence-electron chi connectivity index (χ1n) is 6.01. The number of nitrogens with one attached hydrogen (secondary N) is 1. The molecule has 0 spiro atoms. The number of aromatic nitrogens is 4. The van der Waals surface area contributed by atoms with E-state index in [0.717, 1.165) is 5.52 Å². The standard InChI is InChI=1S/C13H12N4O2/c1-2-19-7-10-16-12-11(13(18)17-10)14-8-5-3-4-6-9(8)15-12/h3-6H,2,7H2,1H3,(H,15,16,17,18). The van der Waals surface area contributed by atoms with Crippen molar-refractivity contribution >= 4 is 22.2 Å². The lowest BCUT2D eigenvalue weighted by molar-refractivity contribution is 0.128. The van der Waals surface area contributed by atoms with Crippen molar-refractivity contribution in [1.29, 1.82) is 0 Å². The second-order valence-corrected chi connectivity index (χ2v) is 4.03. The van der Waals surface area contributed by atoms with Gasteiger partial charge in [0.25, 0.3) is 5.56 Å². The van der Waals surface area contributed by atoms with Crippen LogP contribution in [-0.4, -0.2) is 26.5 Å². The molecule has 1 aromatic carbocycles. The molecular weight excluding hydrogens is 244 g/mol. The number of para-hydroxylation sites is 2. The van der Waals surface area contributed by atoms with Crippen LogP contribution in [0, 0.1) is 0 Å². The normalized spacial score (nSPS) is 11.2. The summed E-state index contributed by atoms with van der Waals surface area (Å²) in [5, 5.41) is 0. The molecule has 96 valence electrons. The quantitative estimate of drug-likeness (QED) is 0.716. The Bertz CT molecular complexity index is 797. The van der Waals surface area contributed by atoms with E-state index in [0.29, 0.717) is 23.6 Å². The minimum absolute atomic E-state index is 0.249. The SMILES string of the molecule is CCOCc1nc2nc3ccccc3nc2c(=O)[nH]1. The molecule has 3 aromatic rings. The Labute approximate surface area is 108 Å². The van der Waals surface area contributed by atoms with E-state index in [-0.39, 0.29) is 17.7 Å². The summed E-state index contributed by atoms with van der Waals surface area (Å²) in [6.07, 6.45) is 0. The molecule has 19 heavy (non-hydrogen) atoms. The third-order valence-electron chi connectivity index (χ3n) is 2.71. The summed E-state index contributed by atoms with van der Waals surface area (Å²) in [5.74, 6) is 0.462. The summed E-state index contributed by atoms with van der Waals surface area (Å²) in [6, 6.07) is 7.38. The van der Waals surface area contributed by atoms with Gasteiger partial charge in [-0.3, -0.25) is 4.79 Å². The van der Waals surface area contributed by atoms with Crippen molar-refractivity contribution in [2.75, 3.05) is 6.61 Å².